The van der Waals surface area contributed by atoms with Crippen molar-refractivity contribution in [1.82, 2.24) is 4.90 Å². The fraction of sp³-hybridized carbons (Fsp3) is 0.800. The van der Waals surface area contributed by atoms with Gasteiger partial charge in [-0.05, 0) is 14.1 Å². The van der Waals surface area contributed by atoms with E-state index in [2.05, 4.69) is 0 Å². The number of hydrogen-bond donors (Lipinski definition) is 1. The molecule has 4 nitrogen and oxygen atoms in total. The van der Waals surface area contributed by atoms with Crippen molar-refractivity contribution >= 4 is 5.91 Å². The first-order chi connectivity index (χ1) is 4.09. The van der Waals surface area contributed by atoms with E-state index >= 15 is 0 Å². The second-order valence-electron chi connectivity index (χ2n) is 1.95. The van der Waals surface area contributed by atoms with Crippen LogP contribution in [0.4, 0.5) is 0 Å². The molecule has 0 radical (unpaired) electrons. The van der Waals surface area contributed by atoms with Crippen LogP contribution in [-0.2, 0) is 9.53 Å². The van der Waals surface area contributed by atoms with Crippen LogP contribution in [0, 0.1) is 0 Å². The van der Waals surface area contributed by atoms with E-state index in [1.807, 2.05) is 0 Å². The third kappa shape index (κ3) is 2.43. The number of carbonyl (C=O) groups is 1. The molecule has 0 heterocycles. The van der Waals surface area contributed by atoms with Crippen LogP contribution in [0.2, 0.25) is 0 Å². The largest absolute Gasteiger partial charge is 0.366 e. The summed E-state index contributed by atoms with van der Waals surface area (Å²) in [7, 11) is 4.88. The molecule has 0 saturated carbocycles. The van der Waals surface area contributed by atoms with Crippen LogP contribution < -0.4 is 5.73 Å². The first-order valence-electron chi connectivity index (χ1n) is 2.58. The molecule has 0 aromatic carbocycles. The molecule has 54 valence electrons. The standard InChI is InChI=1S/C5H12N2O2/c1-7(2)5(9-3)4(6)8/h5H,1-3H3,(H2,6,8). The van der Waals surface area contributed by atoms with Gasteiger partial charge in [0.25, 0.3) is 5.91 Å². The minimum Gasteiger partial charge on any atom is -0.366 e. The lowest BCUT2D eigenvalue weighted by Gasteiger charge is -2.18. The Hall–Kier alpha value is -0.610. The van der Waals surface area contributed by atoms with E-state index in [-0.39, 0.29) is 0 Å². The summed E-state index contributed by atoms with van der Waals surface area (Å²) in [6.07, 6.45) is -0.606. The lowest BCUT2D eigenvalue weighted by Crippen LogP contribution is -2.41. The van der Waals surface area contributed by atoms with Gasteiger partial charge in [0, 0.05) is 7.11 Å². The second kappa shape index (κ2) is 3.42. The number of amides is 1. The SMILES string of the molecule is COC(C(N)=O)N(C)C. The van der Waals surface area contributed by atoms with Crippen molar-refractivity contribution in [3.63, 3.8) is 0 Å². The molecule has 0 aliphatic rings. The third-order valence-electron chi connectivity index (χ3n) is 0.936. The molecule has 1 atom stereocenters. The van der Waals surface area contributed by atoms with Crippen molar-refractivity contribution in [2.45, 2.75) is 6.23 Å². The van der Waals surface area contributed by atoms with Crippen LogP contribution in [0.5, 0.6) is 0 Å². The smallest absolute Gasteiger partial charge is 0.261 e. The summed E-state index contributed by atoms with van der Waals surface area (Å²) in [5, 5.41) is 0. The molecule has 0 saturated heterocycles. The zero-order chi connectivity index (χ0) is 7.44. The van der Waals surface area contributed by atoms with Gasteiger partial charge in [0.2, 0.25) is 0 Å². The van der Waals surface area contributed by atoms with Crippen LogP contribution in [0.25, 0.3) is 0 Å². The summed E-state index contributed by atoms with van der Waals surface area (Å²) in [6.45, 7) is 0. The maximum Gasteiger partial charge on any atom is 0.261 e. The van der Waals surface area contributed by atoms with Gasteiger partial charge in [0.05, 0.1) is 0 Å². The summed E-state index contributed by atoms with van der Waals surface area (Å²) in [4.78, 5) is 12.0. The number of likely N-dealkylation sites (N-methyl/N-ethyl adjacent to an activating group) is 1. The fourth-order valence-corrected chi connectivity index (χ4v) is 0.581. The lowest BCUT2D eigenvalue weighted by molar-refractivity contribution is -0.136. The Balaban J connectivity index is 3.83. The van der Waals surface area contributed by atoms with Gasteiger partial charge in [-0.2, -0.15) is 0 Å². The quantitative estimate of drug-likeness (QED) is 0.501. The summed E-state index contributed by atoms with van der Waals surface area (Å²) < 4.78 is 4.72. The number of ether oxygens (including phenoxy) is 1. The van der Waals surface area contributed by atoms with Crippen molar-refractivity contribution in [2.75, 3.05) is 21.2 Å². The van der Waals surface area contributed by atoms with Crippen LogP contribution in [-0.4, -0.2) is 38.2 Å². The molecular formula is C5H12N2O2. The molecule has 0 aliphatic heterocycles. The third-order valence-corrected chi connectivity index (χ3v) is 0.936. The Morgan fingerprint density at radius 2 is 2.11 bits per heavy atom. The normalized spacial score (nSPS) is 13.8. The molecule has 2 N–H and O–H groups in total. The minimum absolute atomic E-state index is 0.470. The molecule has 4 heteroatoms. The van der Waals surface area contributed by atoms with Crippen molar-refractivity contribution in [1.29, 1.82) is 0 Å². The highest BCUT2D eigenvalue weighted by Gasteiger charge is 2.14. The van der Waals surface area contributed by atoms with Gasteiger partial charge in [-0.15, -0.1) is 0 Å². The molecule has 0 aliphatic carbocycles. The Morgan fingerprint density at radius 3 is 2.11 bits per heavy atom. The lowest BCUT2D eigenvalue weighted by atomic mass is 10.5. The Morgan fingerprint density at radius 1 is 1.67 bits per heavy atom. The molecule has 1 unspecified atom stereocenters. The minimum atomic E-state index is -0.606. The van der Waals surface area contributed by atoms with Gasteiger partial charge in [-0.1, -0.05) is 0 Å². The van der Waals surface area contributed by atoms with Crippen LogP contribution in [0.3, 0.4) is 0 Å². The van der Waals surface area contributed by atoms with E-state index in [0.717, 1.165) is 0 Å². The molecule has 9 heavy (non-hydrogen) atoms. The maximum absolute atomic E-state index is 10.4. The van der Waals surface area contributed by atoms with Crippen LogP contribution >= 0.6 is 0 Å². The number of primary amides is 1. The average molecular weight is 132 g/mol. The number of methoxy groups -OCH3 is 1. The van der Waals surface area contributed by atoms with Crippen LogP contribution in [0.1, 0.15) is 0 Å². The van der Waals surface area contributed by atoms with Gasteiger partial charge in [0.1, 0.15) is 0 Å². The zero-order valence-corrected chi connectivity index (χ0v) is 5.92. The van der Waals surface area contributed by atoms with E-state index < -0.39 is 12.1 Å². The molecule has 0 rings (SSSR count). The highest BCUT2D eigenvalue weighted by Crippen LogP contribution is 1.90. The molecule has 0 spiro atoms. The van der Waals surface area contributed by atoms with Gasteiger partial charge >= 0.3 is 0 Å². The fourth-order valence-electron chi connectivity index (χ4n) is 0.581. The second-order valence-corrected chi connectivity index (χ2v) is 1.95. The van der Waals surface area contributed by atoms with E-state index in [9.17, 15) is 4.79 Å². The molecule has 0 aromatic heterocycles. The van der Waals surface area contributed by atoms with Crippen LogP contribution in [0.15, 0.2) is 0 Å². The first-order valence-corrected chi connectivity index (χ1v) is 2.58. The van der Waals surface area contributed by atoms with Crippen molar-refractivity contribution in [3.8, 4) is 0 Å². The average Bonchev–Trinajstić information content (AvgIpc) is 1.64. The molecule has 0 aromatic rings. The monoisotopic (exact) mass is 132 g/mol. The Labute approximate surface area is 54.6 Å². The molecular weight excluding hydrogens is 120 g/mol. The van der Waals surface area contributed by atoms with Crippen molar-refractivity contribution in [2.24, 2.45) is 5.73 Å². The first kappa shape index (κ1) is 8.39. The molecule has 1 amide bonds. The molecule has 0 fully saturated rings. The van der Waals surface area contributed by atoms with Gasteiger partial charge < -0.3 is 10.5 Å². The number of rotatable bonds is 3. The number of nitrogens with two attached hydrogens (primary N) is 1. The Bertz CT molecular complexity index is 103. The van der Waals surface area contributed by atoms with E-state index in [1.54, 1.807) is 19.0 Å². The number of carbonyl (C=O) groups excluding carboxylic acids is 1. The highest BCUT2D eigenvalue weighted by molar-refractivity contribution is 5.78. The molecule has 0 bridgehead atoms. The van der Waals surface area contributed by atoms with E-state index in [0.29, 0.717) is 0 Å². The summed E-state index contributed by atoms with van der Waals surface area (Å²) in [6, 6.07) is 0. The predicted octanol–water partition coefficient (Wildman–Crippen LogP) is -0.994. The van der Waals surface area contributed by atoms with Crippen molar-refractivity contribution in [3.05, 3.63) is 0 Å². The van der Waals surface area contributed by atoms with Crippen molar-refractivity contribution < 1.29 is 9.53 Å². The van der Waals surface area contributed by atoms with Gasteiger partial charge in [-0.3, -0.25) is 9.69 Å². The Kier molecular flexibility index (Phi) is 3.19. The van der Waals surface area contributed by atoms with Gasteiger partial charge in [-0.25, -0.2) is 0 Å². The van der Waals surface area contributed by atoms with E-state index in [4.69, 9.17) is 10.5 Å². The topological polar surface area (TPSA) is 55.6 Å². The zero-order valence-electron chi connectivity index (χ0n) is 5.92. The number of hydrogen-bond acceptors (Lipinski definition) is 3. The predicted molar refractivity (Wildman–Crippen MR) is 33.7 cm³/mol. The highest BCUT2D eigenvalue weighted by atomic mass is 16.5. The van der Waals surface area contributed by atoms with E-state index in [1.165, 1.54) is 7.11 Å². The summed E-state index contributed by atoms with van der Waals surface area (Å²) in [5.41, 5.74) is 4.94. The number of nitrogens with zero attached hydrogens (tertiary/aromatic N) is 1. The summed E-state index contributed by atoms with van der Waals surface area (Å²) >= 11 is 0. The summed E-state index contributed by atoms with van der Waals surface area (Å²) in [5.74, 6) is -0.470. The maximum atomic E-state index is 10.4. The van der Waals surface area contributed by atoms with Gasteiger partial charge in [0.15, 0.2) is 6.23 Å².